The van der Waals surface area contributed by atoms with E-state index in [0.717, 1.165) is 29.4 Å². The molecule has 0 radical (unpaired) electrons. The van der Waals surface area contributed by atoms with Crippen molar-refractivity contribution in [1.29, 1.82) is 0 Å². The Labute approximate surface area is 124 Å². The average Bonchev–Trinajstić information content (AvgIpc) is 2.93. The van der Waals surface area contributed by atoms with Crippen LogP contribution in [0.3, 0.4) is 0 Å². The molecule has 1 aliphatic heterocycles. The number of aromatic amines is 1. The Morgan fingerprint density at radius 1 is 1.33 bits per heavy atom. The summed E-state index contributed by atoms with van der Waals surface area (Å²) < 4.78 is 0. The number of H-pyrrole nitrogens is 1. The summed E-state index contributed by atoms with van der Waals surface area (Å²) >= 11 is 0. The maximum atomic E-state index is 12.6. The number of carbonyl (C=O) groups is 1. The third-order valence-electron chi connectivity index (χ3n) is 4.15. The quantitative estimate of drug-likeness (QED) is 0.816. The van der Waals surface area contributed by atoms with Crippen LogP contribution in [0.15, 0.2) is 36.0 Å². The van der Waals surface area contributed by atoms with Crippen LogP contribution in [0.25, 0.3) is 10.9 Å². The van der Waals surface area contributed by atoms with Crippen molar-refractivity contribution >= 4 is 16.8 Å². The zero-order chi connectivity index (χ0) is 15.0. The van der Waals surface area contributed by atoms with Crippen LogP contribution in [-0.2, 0) is 0 Å². The van der Waals surface area contributed by atoms with Gasteiger partial charge in [0.05, 0.1) is 11.7 Å². The predicted molar refractivity (Wildman–Crippen MR) is 84.2 cm³/mol. The summed E-state index contributed by atoms with van der Waals surface area (Å²) in [6.45, 7) is 8.17. The number of nitrogens with zero attached hydrogens (tertiary/aromatic N) is 2. The number of aromatic nitrogens is 2. The zero-order valence-electron chi connectivity index (χ0n) is 12.8. The molecular weight excluding hydrogens is 262 g/mol. The molecule has 1 aromatic carbocycles. The summed E-state index contributed by atoms with van der Waals surface area (Å²) in [4.78, 5) is 14.5. The van der Waals surface area contributed by atoms with Crippen molar-refractivity contribution in [2.75, 3.05) is 13.1 Å². The van der Waals surface area contributed by atoms with E-state index in [9.17, 15) is 4.79 Å². The minimum Gasteiger partial charge on any atom is -0.335 e. The van der Waals surface area contributed by atoms with Gasteiger partial charge in [-0.15, -0.1) is 0 Å². The summed E-state index contributed by atoms with van der Waals surface area (Å²) in [5.41, 5.74) is 3.27. The molecule has 1 aliphatic rings. The van der Waals surface area contributed by atoms with Gasteiger partial charge < -0.3 is 4.90 Å². The van der Waals surface area contributed by atoms with Gasteiger partial charge in [0.2, 0.25) is 0 Å². The molecule has 0 fully saturated rings. The number of benzene rings is 1. The Hall–Kier alpha value is -2.10. The molecule has 4 nitrogen and oxygen atoms in total. The molecule has 0 spiro atoms. The van der Waals surface area contributed by atoms with Crippen LogP contribution in [0.4, 0.5) is 0 Å². The number of rotatable bonds is 1. The van der Waals surface area contributed by atoms with Crippen LogP contribution in [-0.4, -0.2) is 34.1 Å². The number of nitrogens with one attached hydrogen (secondary N) is 1. The van der Waals surface area contributed by atoms with E-state index in [0.29, 0.717) is 6.54 Å². The van der Waals surface area contributed by atoms with E-state index in [-0.39, 0.29) is 11.3 Å². The summed E-state index contributed by atoms with van der Waals surface area (Å²) in [6, 6.07) is 5.70. The molecule has 1 amide bonds. The van der Waals surface area contributed by atoms with E-state index in [1.165, 1.54) is 5.57 Å². The number of hydrogen-bond donors (Lipinski definition) is 1. The van der Waals surface area contributed by atoms with Gasteiger partial charge in [-0.3, -0.25) is 9.89 Å². The first-order valence-electron chi connectivity index (χ1n) is 7.37. The third kappa shape index (κ3) is 2.71. The lowest BCUT2D eigenvalue weighted by Gasteiger charge is -2.32. The molecule has 3 rings (SSSR count). The third-order valence-corrected chi connectivity index (χ3v) is 4.15. The number of amides is 1. The van der Waals surface area contributed by atoms with Gasteiger partial charge in [0, 0.05) is 24.0 Å². The van der Waals surface area contributed by atoms with Crippen LogP contribution < -0.4 is 0 Å². The maximum Gasteiger partial charge on any atom is 0.254 e. The van der Waals surface area contributed by atoms with Crippen molar-refractivity contribution in [2.45, 2.75) is 27.2 Å². The summed E-state index contributed by atoms with van der Waals surface area (Å²) in [5, 5.41) is 7.93. The Morgan fingerprint density at radius 3 is 2.81 bits per heavy atom. The second-order valence-corrected chi connectivity index (χ2v) is 6.65. The first kappa shape index (κ1) is 13.9. The van der Waals surface area contributed by atoms with Crippen molar-refractivity contribution in [3.63, 3.8) is 0 Å². The highest BCUT2D eigenvalue weighted by molar-refractivity contribution is 5.97. The van der Waals surface area contributed by atoms with Crippen LogP contribution in [0, 0.1) is 5.41 Å². The van der Waals surface area contributed by atoms with Crippen molar-refractivity contribution < 1.29 is 4.79 Å². The Bertz CT molecular complexity index is 706. The lowest BCUT2D eigenvalue weighted by Crippen LogP contribution is -2.36. The van der Waals surface area contributed by atoms with Crippen molar-refractivity contribution in [2.24, 2.45) is 5.41 Å². The van der Waals surface area contributed by atoms with Gasteiger partial charge in [-0.1, -0.05) is 38.5 Å². The Balaban J connectivity index is 1.79. The van der Waals surface area contributed by atoms with Gasteiger partial charge in [-0.2, -0.15) is 5.10 Å². The fourth-order valence-corrected chi connectivity index (χ4v) is 2.79. The number of carbonyl (C=O) groups excluding carboxylic acids is 1. The minimum absolute atomic E-state index is 0.0932. The molecule has 110 valence electrons. The Kier molecular flexibility index (Phi) is 3.32. The molecule has 2 aromatic rings. The highest BCUT2D eigenvalue weighted by Gasteiger charge is 2.24. The molecule has 1 N–H and O–H groups in total. The maximum absolute atomic E-state index is 12.6. The van der Waals surface area contributed by atoms with Crippen molar-refractivity contribution in [1.82, 2.24) is 15.1 Å². The van der Waals surface area contributed by atoms with Crippen LogP contribution in [0.5, 0.6) is 0 Å². The molecule has 0 saturated heterocycles. The summed E-state index contributed by atoms with van der Waals surface area (Å²) in [6.07, 6.45) is 4.93. The number of fused-ring (bicyclic) bond motifs is 1. The highest BCUT2D eigenvalue weighted by Crippen LogP contribution is 2.30. The van der Waals surface area contributed by atoms with Crippen LogP contribution >= 0.6 is 0 Å². The second-order valence-electron chi connectivity index (χ2n) is 6.65. The van der Waals surface area contributed by atoms with Crippen molar-refractivity contribution in [3.8, 4) is 0 Å². The first-order chi connectivity index (χ1) is 9.95. The van der Waals surface area contributed by atoms with E-state index in [2.05, 4.69) is 37.0 Å². The van der Waals surface area contributed by atoms with Gasteiger partial charge in [0.1, 0.15) is 0 Å². The molecule has 4 heteroatoms. The lowest BCUT2D eigenvalue weighted by atomic mass is 9.83. The summed E-state index contributed by atoms with van der Waals surface area (Å²) in [7, 11) is 0. The molecule has 0 unspecified atom stereocenters. The molecule has 21 heavy (non-hydrogen) atoms. The zero-order valence-corrected chi connectivity index (χ0v) is 12.8. The molecule has 1 aromatic heterocycles. The SMILES string of the molecule is CC(C)(C)C1=CCN(C(=O)c2ccc3cn[nH]c3c2)CC1. The monoisotopic (exact) mass is 283 g/mol. The van der Waals surface area contributed by atoms with Crippen molar-refractivity contribution in [3.05, 3.63) is 41.6 Å². The van der Waals surface area contributed by atoms with Crippen LogP contribution in [0.2, 0.25) is 0 Å². The van der Waals surface area contributed by atoms with Crippen LogP contribution in [0.1, 0.15) is 37.6 Å². The average molecular weight is 283 g/mol. The standard InChI is InChI=1S/C17H21N3O/c1-17(2,3)14-6-8-20(9-7-14)16(21)12-4-5-13-11-18-19-15(13)10-12/h4-6,10-11H,7-9H2,1-3H3,(H,18,19). The molecule has 0 bridgehead atoms. The highest BCUT2D eigenvalue weighted by atomic mass is 16.2. The van der Waals surface area contributed by atoms with Gasteiger partial charge in [0.25, 0.3) is 5.91 Å². The molecule has 0 atom stereocenters. The normalized spacial score (nSPS) is 16.1. The fraction of sp³-hybridized carbons (Fsp3) is 0.412. The van der Waals surface area contributed by atoms with Gasteiger partial charge >= 0.3 is 0 Å². The van der Waals surface area contributed by atoms with Gasteiger partial charge in [-0.25, -0.2) is 0 Å². The van der Waals surface area contributed by atoms with E-state index >= 15 is 0 Å². The largest absolute Gasteiger partial charge is 0.335 e. The van der Waals surface area contributed by atoms with Gasteiger partial charge in [-0.05, 0) is 24.0 Å². The summed E-state index contributed by atoms with van der Waals surface area (Å²) in [5.74, 6) is 0.0932. The lowest BCUT2D eigenvalue weighted by molar-refractivity contribution is 0.0765. The molecular formula is C17H21N3O. The van der Waals surface area contributed by atoms with E-state index in [1.807, 2.05) is 23.1 Å². The minimum atomic E-state index is 0.0932. The molecule has 0 saturated carbocycles. The molecule has 0 aliphatic carbocycles. The Morgan fingerprint density at radius 2 is 2.14 bits per heavy atom. The number of hydrogen-bond acceptors (Lipinski definition) is 2. The van der Waals surface area contributed by atoms with Gasteiger partial charge in [0.15, 0.2) is 0 Å². The predicted octanol–water partition coefficient (Wildman–Crippen LogP) is 3.38. The topological polar surface area (TPSA) is 49.0 Å². The first-order valence-corrected chi connectivity index (χ1v) is 7.37. The van der Waals surface area contributed by atoms with E-state index in [1.54, 1.807) is 6.20 Å². The second kappa shape index (κ2) is 5.02. The van der Waals surface area contributed by atoms with E-state index in [4.69, 9.17) is 0 Å². The van der Waals surface area contributed by atoms with E-state index < -0.39 is 0 Å². The smallest absolute Gasteiger partial charge is 0.254 e. The molecule has 2 heterocycles. The fourth-order valence-electron chi connectivity index (χ4n) is 2.79.